The number of halogens is 1. The van der Waals surface area contributed by atoms with E-state index in [2.05, 4.69) is 21.1 Å². The van der Waals surface area contributed by atoms with Crippen LogP contribution in [0.4, 0.5) is 10.5 Å². The number of aryl methyl sites for hydroxylation is 1. The van der Waals surface area contributed by atoms with E-state index in [0.29, 0.717) is 13.0 Å². The molecular formula is C19H19BrN2O3. The van der Waals surface area contributed by atoms with Crippen molar-refractivity contribution in [3.63, 3.8) is 0 Å². The molecule has 0 radical (unpaired) electrons. The van der Waals surface area contributed by atoms with Crippen molar-refractivity contribution in [3.8, 4) is 0 Å². The van der Waals surface area contributed by atoms with Crippen LogP contribution in [0.5, 0.6) is 0 Å². The third-order valence-electron chi connectivity index (χ3n) is 4.04. The molecule has 6 heteroatoms. The van der Waals surface area contributed by atoms with Crippen LogP contribution in [0, 0.1) is 6.92 Å². The van der Waals surface area contributed by atoms with Crippen LogP contribution < -0.4 is 4.90 Å². The van der Waals surface area contributed by atoms with Crippen LogP contribution in [0.2, 0.25) is 0 Å². The molecule has 1 amide bonds. The Morgan fingerprint density at radius 1 is 1.24 bits per heavy atom. The van der Waals surface area contributed by atoms with Crippen molar-refractivity contribution in [1.29, 1.82) is 0 Å². The van der Waals surface area contributed by atoms with Crippen LogP contribution in [0.25, 0.3) is 0 Å². The zero-order chi connectivity index (χ0) is 17.8. The fourth-order valence-electron chi connectivity index (χ4n) is 2.66. The number of rotatable bonds is 4. The number of oxime groups is 1. The molecule has 5 nitrogen and oxygen atoms in total. The van der Waals surface area contributed by atoms with Crippen molar-refractivity contribution in [2.75, 3.05) is 18.6 Å². The van der Waals surface area contributed by atoms with E-state index >= 15 is 0 Å². The molecule has 0 bridgehead atoms. The molecule has 0 saturated heterocycles. The number of carbonyl (C=O) groups is 1. The van der Waals surface area contributed by atoms with Crippen LogP contribution in [0.15, 0.2) is 58.2 Å². The van der Waals surface area contributed by atoms with E-state index in [1.165, 1.54) is 7.11 Å². The summed E-state index contributed by atoms with van der Waals surface area (Å²) in [5.74, 6) is 0. The van der Waals surface area contributed by atoms with Gasteiger partial charge in [0, 0.05) is 16.6 Å². The van der Waals surface area contributed by atoms with Crippen molar-refractivity contribution >= 4 is 33.4 Å². The zero-order valence-electron chi connectivity index (χ0n) is 14.1. The van der Waals surface area contributed by atoms with Crippen LogP contribution in [-0.2, 0) is 9.57 Å². The summed E-state index contributed by atoms with van der Waals surface area (Å²) in [6.45, 7) is 2.38. The number of hydrogen-bond acceptors (Lipinski definition) is 4. The van der Waals surface area contributed by atoms with E-state index in [-0.39, 0.29) is 6.10 Å². The molecule has 1 unspecified atom stereocenters. The summed E-state index contributed by atoms with van der Waals surface area (Å²) in [6, 6.07) is 15.7. The highest BCUT2D eigenvalue weighted by atomic mass is 79.9. The largest absolute Gasteiger partial charge is 0.452 e. The van der Waals surface area contributed by atoms with Gasteiger partial charge in [0.25, 0.3) is 0 Å². The van der Waals surface area contributed by atoms with Gasteiger partial charge in [-0.2, -0.15) is 0 Å². The predicted octanol–water partition coefficient (Wildman–Crippen LogP) is 4.52. The van der Waals surface area contributed by atoms with Crippen molar-refractivity contribution in [1.82, 2.24) is 0 Å². The fourth-order valence-corrected chi connectivity index (χ4v) is 2.93. The Bertz CT molecular complexity index is 772. The second-order valence-corrected chi connectivity index (χ2v) is 6.81. The molecule has 0 N–H and O–H groups in total. The third-order valence-corrected chi connectivity index (χ3v) is 4.57. The maximum Gasteiger partial charge on any atom is 0.414 e. The average Bonchev–Trinajstić information content (AvgIpc) is 3.09. The first-order chi connectivity index (χ1) is 12.1. The lowest BCUT2D eigenvalue weighted by molar-refractivity contribution is 0.0884. The molecule has 0 saturated carbocycles. The SMILES string of the molecule is COC(=O)N(CC1CC(c2ccc(Br)cc2)=NO1)c1ccc(C)cc1. The molecule has 1 heterocycles. The second kappa shape index (κ2) is 7.70. The average molecular weight is 403 g/mol. The number of anilines is 1. The number of hydrogen-bond donors (Lipinski definition) is 0. The van der Waals surface area contributed by atoms with Gasteiger partial charge in [-0.15, -0.1) is 0 Å². The molecular weight excluding hydrogens is 384 g/mol. The van der Waals surface area contributed by atoms with Gasteiger partial charge in [0.15, 0.2) is 6.10 Å². The zero-order valence-corrected chi connectivity index (χ0v) is 15.7. The summed E-state index contributed by atoms with van der Waals surface area (Å²) < 4.78 is 5.94. The molecule has 130 valence electrons. The number of amides is 1. The monoisotopic (exact) mass is 402 g/mol. The second-order valence-electron chi connectivity index (χ2n) is 5.89. The molecule has 1 atom stereocenters. The first-order valence-corrected chi connectivity index (χ1v) is 8.77. The highest BCUT2D eigenvalue weighted by molar-refractivity contribution is 9.10. The summed E-state index contributed by atoms with van der Waals surface area (Å²) in [5.41, 5.74) is 3.81. The third kappa shape index (κ3) is 4.20. The van der Waals surface area contributed by atoms with Gasteiger partial charge < -0.3 is 9.57 Å². The maximum atomic E-state index is 12.2. The number of carbonyl (C=O) groups excluding carboxylic acids is 1. The molecule has 1 aliphatic rings. The molecule has 3 rings (SSSR count). The van der Waals surface area contributed by atoms with Crippen molar-refractivity contribution < 1.29 is 14.4 Å². The Labute approximate surface area is 155 Å². The van der Waals surface area contributed by atoms with E-state index < -0.39 is 6.09 Å². The van der Waals surface area contributed by atoms with Crippen LogP contribution >= 0.6 is 15.9 Å². The van der Waals surface area contributed by atoms with Crippen molar-refractivity contribution in [2.24, 2.45) is 5.16 Å². The van der Waals surface area contributed by atoms with Crippen LogP contribution in [-0.4, -0.2) is 31.6 Å². The number of benzene rings is 2. The Morgan fingerprint density at radius 2 is 1.92 bits per heavy atom. The number of nitrogens with zero attached hydrogens (tertiary/aromatic N) is 2. The summed E-state index contributed by atoms with van der Waals surface area (Å²) >= 11 is 3.42. The molecule has 1 aliphatic heterocycles. The molecule has 0 aromatic heterocycles. The lowest BCUT2D eigenvalue weighted by Gasteiger charge is -2.23. The number of ether oxygens (including phenoxy) is 1. The Balaban J connectivity index is 1.70. The van der Waals surface area contributed by atoms with Gasteiger partial charge in [-0.1, -0.05) is 50.9 Å². The normalized spacial score (nSPS) is 16.1. The van der Waals surface area contributed by atoms with E-state index in [1.807, 2.05) is 55.5 Å². The minimum Gasteiger partial charge on any atom is -0.452 e. The Hall–Kier alpha value is -2.34. The summed E-state index contributed by atoms with van der Waals surface area (Å²) in [5, 5.41) is 4.19. The van der Waals surface area contributed by atoms with Crippen LogP contribution in [0.1, 0.15) is 17.5 Å². The first kappa shape index (κ1) is 17.5. The smallest absolute Gasteiger partial charge is 0.414 e. The first-order valence-electron chi connectivity index (χ1n) is 7.97. The maximum absolute atomic E-state index is 12.2. The van der Waals surface area contributed by atoms with Gasteiger partial charge >= 0.3 is 6.09 Å². The number of methoxy groups -OCH3 is 1. The molecule has 2 aromatic carbocycles. The highest BCUT2D eigenvalue weighted by Crippen LogP contribution is 2.23. The molecule has 0 aliphatic carbocycles. The van der Waals surface area contributed by atoms with Gasteiger partial charge in [-0.25, -0.2) is 4.79 Å². The highest BCUT2D eigenvalue weighted by Gasteiger charge is 2.28. The minimum atomic E-state index is -0.412. The van der Waals surface area contributed by atoms with E-state index in [9.17, 15) is 4.79 Å². The summed E-state index contributed by atoms with van der Waals surface area (Å²) in [6.07, 6.45) is 0.0182. The van der Waals surface area contributed by atoms with Gasteiger partial charge in [0.05, 0.1) is 19.4 Å². The fraction of sp³-hybridized carbons (Fsp3) is 0.263. The summed E-state index contributed by atoms with van der Waals surface area (Å²) in [7, 11) is 1.38. The lowest BCUT2D eigenvalue weighted by Crippen LogP contribution is -2.37. The standard InChI is InChI=1S/C19H19BrN2O3/c1-13-3-9-16(10-4-13)22(19(23)24-2)12-17-11-18(21-25-17)14-5-7-15(20)8-6-14/h3-10,17H,11-12H2,1-2H3. The quantitative estimate of drug-likeness (QED) is 0.754. The van der Waals surface area contributed by atoms with E-state index in [4.69, 9.17) is 9.57 Å². The summed E-state index contributed by atoms with van der Waals surface area (Å²) in [4.78, 5) is 19.3. The Kier molecular flexibility index (Phi) is 5.38. The molecule has 25 heavy (non-hydrogen) atoms. The molecule has 2 aromatic rings. The molecule has 0 fully saturated rings. The molecule has 0 spiro atoms. The van der Waals surface area contributed by atoms with Crippen molar-refractivity contribution in [2.45, 2.75) is 19.4 Å². The van der Waals surface area contributed by atoms with Gasteiger partial charge in [-0.3, -0.25) is 4.90 Å². The lowest BCUT2D eigenvalue weighted by atomic mass is 10.0. The Morgan fingerprint density at radius 3 is 2.56 bits per heavy atom. The predicted molar refractivity (Wildman–Crippen MR) is 101 cm³/mol. The van der Waals surface area contributed by atoms with Gasteiger partial charge in [0.2, 0.25) is 0 Å². The van der Waals surface area contributed by atoms with E-state index in [1.54, 1.807) is 4.90 Å². The van der Waals surface area contributed by atoms with Crippen molar-refractivity contribution in [3.05, 3.63) is 64.1 Å². The minimum absolute atomic E-state index is 0.209. The topological polar surface area (TPSA) is 51.1 Å². The van der Waals surface area contributed by atoms with Gasteiger partial charge in [0.1, 0.15) is 0 Å². The van der Waals surface area contributed by atoms with Gasteiger partial charge in [-0.05, 0) is 36.8 Å². The van der Waals surface area contributed by atoms with Crippen LogP contribution in [0.3, 0.4) is 0 Å². The van der Waals surface area contributed by atoms with E-state index in [0.717, 1.165) is 27.0 Å².